The Bertz CT molecular complexity index is 314. The first-order valence-corrected chi connectivity index (χ1v) is 6.09. The summed E-state index contributed by atoms with van der Waals surface area (Å²) in [7, 11) is 0. The molecular weight excluding hydrogens is 200 g/mol. The fourth-order valence-electron chi connectivity index (χ4n) is 2.48. The third kappa shape index (κ3) is 2.32. The van der Waals surface area contributed by atoms with Crippen LogP contribution in [0.25, 0.3) is 0 Å². The summed E-state index contributed by atoms with van der Waals surface area (Å²) in [5.41, 5.74) is 5.86. The maximum Gasteiger partial charge on any atom is 0.151 e. The van der Waals surface area contributed by atoms with Crippen LogP contribution in [0, 0.1) is 5.92 Å². The van der Waals surface area contributed by atoms with Crippen LogP contribution < -0.4 is 10.6 Å². The second kappa shape index (κ2) is 5.25. The predicted molar refractivity (Wildman–Crippen MR) is 65.2 cm³/mol. The van der Waals surface area contributed by atoms with Crippen LogP contribution in [0.2, 0.25) is 0 Å². The van der Waals surface area contributed by atoms with Crippen molar-refractivity contribution in [2.75, 3.05) is 18.0 Å². The van der Waals surface area contributed by atoms with E-state index in [2.05, 4.69) is 22.0 Å². The third-order valence-electron chi connectivity index (χ3n) is 3.53. The molecule has 1 aliphatic rings. The fraction of sp³-hybridized carbons (Fsp3) is 0.667. The summed E-state index contributed by atoms with van der Waals surface area (Å²) in [4.78, 5) is 2.30. The SMILES string of the molecule is CCC1CCN(c2cccnn2)C(CN)C1. The van der Waals surface area contributed by atoms with Gasteiger partial charge in [-0.15, -0.1) is 5.10 Å². The largest absolute Gasteiger partial charge is 0.351 e. The molecule has 2 unspecified atom stereocenters. The highest BCUT2D eigenvalue weighted by Gasteiger charge is 2.27. The van der Waals surface area contributed by atoms with Gasteiger partial charge in [0.25, 0.3) is 0 Å². The molecule has 0 radical (unpaired) electrons. The summed E-state index contributed by atoms with van der Waals surface area (Å²) in [6, 6.07) is 4.37. The Labute approximate surface area is 96.9 Å². The van der Waals surface area contributed by atoms with Crippen LogP contribution in [0.3, 0.4) is 0 Å². The molecule has 88 valence electrons. The number of aromatic nitrogens is 2. The molecule has 2 heterocycles. The Morgan fingerprint density at radius 1 is 1.56 bits per heavy atom. The van der Waals surface area contributed by atoms with Crippen molar-refractivity contribution in [3.8, 4) is 0 Å². The molecule has 1 aromatic heterocycles. The van der Waals surface area contributed by atoms with Crippen molar-refractivity contribution in [2.24, 2.45) is 11.7 Å². The Hall–Kier alpha value is -1.16. The monoisotopic (exact) mass is 220 g/mol. The smallest absolute Gasteiger partial charge is 0.151 e. The molecule has 0 spiro atoms. The first-order chi connectivity index (χ1) is 7.85. The van der Waals surface area contributed by atoms with Gasteiger partial charge in [0, 0.05) is 25.3 Å². The molecule has 16 heavy (non-hydrogen) atoms. The van der Waals surface area contributed by atoms with E-state index in [-0.39, 0.29) is 0 Å². The number of anilines is 1. The molecule has 0 aromatic carbocycles. The minimum atomic E-state index is 0.426. The van der Waals surface area contributed by atoms with Crippen molar-refractivity contribution in [3.05, 3.63) is 18.3 Å². The fourth-order valence-corrected chi connectivity index (χ4v) is 2.48. The average molecular weight is 220 g/mol. The van der Waals surface area contributed by atoms with Crippen LogP contribution in [-0.2, 0) is 0 Å². The lowest BCUT2D eigenvalue weighted by molar-refractivity contribution is 0.334. The van der Waals surface area contributed by atoms with E-state index in [0.29, 0.717) is 12.6 Å². The second-order valence-corrected chi connectivity index (χ2v) is 4.46. The lowest BCUT2D eigenvalue weighted by Crippen LogP contribution is -2.47. The van der Waals surface area contributed by atoms with Crippen molar-refractivity contribution < 1.29 is 0 Å². The minimum Gasteiger partial charge on any atom is -0.351 e. The van der Waals surface area contributed by atoms with Gasteiger partial charge in [0.15, 0.2) is 5.82 Å². The van der Waals surface area contributed by atoms with Gasteiger partial charge >= 0.3 is 0 Å². The molecule has 4 heteroatoms. The lowest BCUT2D eigenvalue weighted by Gasteiger charge is -2.39. The highest BCUT2D eigenvalue weighted by atomic mass is 15.3. The van der Waals surface area contributed by atoms with E-state index < -0.39 is 0 Å². The van der Waals surface area contributed by atoms with E-state index >= 15 is 0 Å². The Morgan fingerprint density at radius 2 is 2.44 bits per heavy atom. The van der Waals surface area contributed by atoms with Crippen molar-refractivity contribution in [1.82, 2.24) is 10.2 Å². The summed E-state index contributed by atoms with van der Waals surface area (Å²) >= 11 is 0. The molecule has 2 atom stereocenters. The molecule has 0 amide bonds. The van der Waals surface area contributed by atoms with Crippen LogP contribution >= 0.6 is 0 Å². The van der Waals surface area contributed by atoms with Crippen molar-refractivity contribution in [1.29, 1.82) is 0 Å². The maximum absolute atomic E-state index is 5.86. The third-order valence-corrected chi connectivity index (χ3v) is 3.53. The van der Waals surface area contributed by atoms with Gasteiger partial charge in [0.2, 0.25) is 0 Å². The number of piperidine rings is 1. The molecule has 2 rings (SSSR count). The first kappa shape index (κ1) is 11.3. The summed E-state index contributed by atoms with van der Waals surface area (Å²) in [5.74, 6) is 1.79. The molecule has 0 bridgehead atoms. The Morgan fingerprint density at radius 3 is 3.06 bits per heavy atom. The first-order valence-electron chi connectivity index (χ1n) is 6.09. The average Bonchev–Trinajstić information content (AvgIpc) is 2.39. The summed E-state index contributed by atoms with van der Waals surface area (Å²) in [6.45, 7) is 4.02. The van der Waals surface area contributed by atoms with Gasteiger partial charge in [0.05, 0.1) is 0 Å². The number of nitrogens with zero attached hydrogens (tertiary/aromatic N) is 3. The van der Waals surface area contributed by atoms with E-state index in [1.165, 1.54) is 19.3 Å². The number of nitrogens with two attached hydrogens (primary N) is 1. The molecular formula is C12H20N4. The van der Waals surface area contributed by atoms with Crippen LogP contribution in [0.15, 0.2) is 18.3 Å². The molecule has 2 N–H and O–H groups in total. The summed E-state index contributed by atoms with van der Waals surface area (Å²) in [6.07, 6.45) is 5.39. The Balaban J connectivity index is 2.10. The zero-order valence-corrected chi connectivity index (χ0v) is 9.84. The van der Waals surface area contributed by atoms with Crippen molar-refractivity contribution in [2.45, 2.75) is 32.2 Å². The molecule has 4 nitrogen and oxygen atoms in total. The van der Waals surface area contributed by atoms with Gasteiger partial charge in [0.1, 0.15) is 0 Å². The van der Waals surface area contributed by atoms with E-state index in [0.717, 1.165) is 18.3 Å². The van der Waals surface area contributed by atoms with Crippen LogP contribution in [0.4, 0.5) is 5.82 Å². The highest BCUT2D eigenvalue weighted by Crippen LogP contribution is 2.27. The molecule has 1 aliphatic heterocycles. The number of hydrogen-bond donors (Lipinski definition) is 1. The molecule has 1 fully saturated rings. The van der Waals surface area contributed by atoms with Gasteiger partial charge < -0.3 is 10.6 Å². The second-order valence-electron chi connectivity index (χ2n) is 4.46. The van der Waals surface area contributed by atoms with E-state index in [4.69, 9.17) is 5.73 Å². The van der Waals surface area contributed by atoms with Crippen LogP contribution in [-0.4, -0.2) is 29.3 Å². The van der Waals surface area contributed by atoms with E-state index in [1.54, 1.807) is 6.20 Å². The van der Waals surface area contributed by atoms with Crippen molar-refractivity contribution >= 4 is 5.82 Å². The summed E-state index contributed by atoms with van der Waals surface area (Å²) < 4.78 is 0. The van der Waals surface area contributed by atoms with Gasteiger partial charge in [-0.2, -0.15) is 5.10 Å². The highest BCUT2D eigenvalue weighted by molar-refractivity contribution is 5.38. The topological polar surface area (TPSA) is 55.0 Å². The van der Waals surface area contributed by atoms with Gasteiger partial charge in [-0.3, -0.25) is 0 Å². The van der Waals surface area contributed by atoms with Crippen LogP contribution in [0.5, 0.6) is 0 Å². The van der Waals surface area contributed by atoms with Gasteiger partial charge in [-0.1, -0.05) is 13.3 Å². The van der Waals surface area contributed by atoms with Gasteiger partial charge in [-0.25, -0.2) is 0 Å². The zero-order chi connectivity index (χ0) is 11.4. The maximum atomic E-state index is 5.86. The predicted octanol–water partition coefficient (Wildman–Crippen LogP) is 1.43. The summed E-state index contributed by atoms with van der Waals surface area (Å²) in [5, 5.41) is 8.11. The van der Waals surface area contributed by atoms with E-state index in [9.17, 15) is 0 Å². The van der Waals surface area contributed by atoms with Crippen LogP contribution in [0.1, 0.15) is 26.2 Å². The molecule has 1 aromatic rings. The standard InChI is InChI=1S/C12H20N4/c1-2-10-5-7-16(11(8-10)9-13)12-4-3-6-14-15-12/h3-4,6,10-11H,2,5,7-9,13H2,1H3. The molecule has 0 saturated carbocycles. The number of hydrogen-bond acceptors (Lipinski definition) is 4. The zero-order valence-electron chi connectivity index (χ0n) is 9.84. The Kier molecular flexibility index (Phi) is 3.72. The van der Waals surface area contributed by atoms with E-state index in [1.807, 2.05) is 12.1 Å². The lowest BCUT2D eigenvalue weighted by atomic mass is 9.89. The normalized spacial score (nSPS) is 25.8. The molecule has 0 aliphatic carbocycles. The quantitative estimate of drug-likeness (QED) is 0.837. The molecule has 1 saturated heterocycles. The minimum absolute atomic E-state index is 0.426. The van der Waals surface area contributed by atoms with Crippen molar-refractivity contribution in [3.63, 3.8) is 0 Å². The number of rotatable bonds is 3. The van der Waals surface area contributed by atoms with Gasteiger partial charge in [-0.05, 0) is 30.9 Å².